The smallest absolute Gasteiger partial charge is 0.378 e. The molecule has 7 nitrogen and oxygen atoms in total. The Kier molecular flexibility index (Phi) is 7.03. The van der Waals surface area contributed by atoms with E-state index < -0.39 is 34.9 Å². The minimum Gasteiger partial charge on any atom is -0.378 e. The van der Waals surface area contributed by atoms with Crippen LogP contribution in [0.25, 0.3) is 0 Å². The van der Waals surface area contributed by atoms with Gasteiger partial charge < -0.3 is 20.7 Å². The van der Waals surface area contributed by atoms with Crippen molar-refractivity contribution in [2.75, 3.05) is 18.5 Å². The fourth-order valence-corrected chi connectivity index (χ4v) is 4.09. The van der Waals surface area contributed by atoms with E-state index >= 15 is 0 Å². The predicted octanol–water partition coefficient (Wildman–Crippen LogP) is 4.25. The van der Waals surface area contributed by atoms with Crippen molar-refractivity contribution in [2.24, 2.45) is 0 Å². The standard InChI is InChI=1S/C23H20F4N4O3S/c24-15-3-6-18(17(9-15)23(25,26)27)30-16-4-1-14(2-5-16)10-29-21(33)22(7-8-34-12-22)31-20(32)19-11-28-13-35-19/h1-6,9,11,13,30H,7-8,10,12H2,(H,29,33)(H,31,32). The maximum atomic E-state index is 13.3. The fraction of sp³-hybridized carbons (Fsp3) is 0.261. The number of carbonyl (C=O) groups is 2. The fourth-order valence-electron chi connectivity index (χ4n) is 3.58. The molecule has 184 valence electrons. The number of hydrogen-bond acceptors (Lipinski definition) is 6. The van der Waals surface area contributed by atoms with Crippen LogP contribution in [0.5, 0.6) is 0 Å². The Morgan fingerprint density at radius 2 is 1.91 bits per heavy atom. The summed E-state index contributed by atoms with van der Waals surface area (Å²) in [6, 6.07) is 8.76. The zero-order valence-electron chi connectivity index (χ0n) is 18.1. The average Bonchev–Trinajstić information content (AvgIpc) is 3.52. The molecule has 3 aromatic rings. The summed E-state index contributed by atoms with van der Waals surface area (Å²) in [6.07, 6.45) is -2.99. The minimum atomic E-state index is -4.72. The minimum absolute atomic E-state index is 0.0332. The monoisotopic (exact) mass is 508 g/mol. The second-order valence-electron chi connectivity index (χ2n) is 7.90. The van der Waals surface area contributed by atoms with E-state index in [0.717, 1.165) is 23.5 Å². The summed E-state index contributed by atoms with van der Waals surface area (Å²) in [6.45, 7) is 0.479. The number of aromatic nitrogens is 1. The molecule has 2 aromatic carbocycles. The van der Waals surface area contributed by atoms with Crippen LogP contribution in [0, 0.1) is 5.82 Å². The average molecular weight is 508 g/mol. The number of halogens is 4. The molecular formula is C23H20F4N4O3S. The van der Waals surface area contributed by atoms with E-state index in [1.807, 2.05) is 0 Å². The molecule has 0 saturated carbocycles. The molecule has 1 aromatic heterocycles. The first kappa shape index (κ1) is 24.6. The number of nitrogens with one attached hydrogen (secondary N) is 3. The van der Waals surface area contributed by atoms with Crippen molar-refractivity contribution in [1.82, 2.24) is 15.6 Å². The summed E-state index contributed by atoms with van der Waals surface area (Å²) >= 11 is 1.16. The normalized spacial score (nSPS) is 17.7. The highest BCUT2D eigenvalue weighted by atomic mass is 32.1. The third-order valence-corrected chi connectivity index (χ3v) is 6.21. The van der Waals surface area contributed by atoms with Crippen molar-refractivity contribution in [3.8, 4) is 0 Å². The van der Waals surface area contributed by atoms with Crippen LogP contribution in [-0.2, 0) is 22.3 Å². The first-order valence-electron chi connectivity index (χ1n) is 10.5. The van der Waals surface area contributed by atoms with Crippen molar-refractivity contribution >= 4 is 34.5 Å². The van der Waals surface area contributed by atoms with Gasteiger partial charge in [0.2, 0.25) is 5.91 Å². The van der Waals surface area contributed by atoms with Gasteiger partial charge in [-0.25, -0.2) is 4.39 Å². The van der Waals surface area contributed by atoms with Crippen LogP contribution in [-0.4, -0.2) is 35.6 Å². The summed E-state index contributed by atoms with van der Waals surface area (Å²) in [5.41, 5.74) is -0.0422. The molecule has 1 fully saturated rings. The first-order chi connectivity index (χ1) is 16.7. The van der Waals surface area contributed by atoms with Crippen LogP contribution in [0.2, 0.25) is 0 Å². The molecule has 2 heterocycles. The molecule has 0 spiro atoms. The Balaban J connectivity index is 1.39. The maximum Gasteiger partial charge on any atom is 0.418 e. The van der Waals surface area contributed by atoms with Crippen molar-refractivity contribution in [3.05, 3.63) is 76.0 Å². The van der Waals surface area contributed by atoms with Gasteiger partial charge in [0.15, 0.2) is 0 Å². The number of hydrogen-bond donors (Lipinski definition) is 3. The highest BCUT2D eigenvalue weighted by Crippen LogP contribution is 2.36. The lowest BCUT2D eigenvalue weighted by Crippen LogP contribution is -2.59. The molecule has 0 radical (unpaired) electrons. The molecule has 1 unspecified atom stereocenters. The Morgan fingerprint density at radius 1 is 1.14 bits per heavy atom. The molecule has 1 aliphatic rings. The van der Waals surface area contributed by atoms with Crippen molar-refractivity contribution < 1.29 is 31.9 Å². The number of thiazole rings is 1. The molecule has 1 atom stereocenters. The van der Waals surface area contributed by atoms with Gasteiger partial charge in [0.05, 0.1) is 29.6 Å². The number of anilines is 2. The summed E-state index contributed by atoms with van der Waals surface area (Å²) < 4.78 is 58.3. The highest BCUT2D eigenvalue weighted by Gasteiger charge is 2.44. The van der Waals surface area contributed by atoms with Crippen LogP contribution in [0.1, 0.15) is 27.2 Å². The summed E-state index contributed by atoms with van der Waals surface area (Å²) in [5.74, 6) is -1.80. The predicted molar refractivity (Wildman–Crippen MR) is 121 cm³/mol. The number of amides is 2. The van der Waals surface area contributed by atoms with Crippen LogP contribution in [0.15, 0.2) is 54.2 Å². The SMILES string of the molecule is O=C(NC1(C(=O)NCc2ccc(Nc3ccc(F)cc3C(F)(F)F)cc2)CCOC1)c1cncs1. The van der Waals surface area contributed by atoms with E-state index in [9.17, 15) is 27.2 Å². The largest absolute Gasteiger partial charge is 0.418 e. The number of ether oxygens (including phenoxy) is 1. The van der Waals surface area contributed by atoms with Gasteiger partial charge in [0, 0.05) is 25.3 Å². The van der Waals surface area contributed by atoms with Gasteiger partial charge in [0.25, 0.3) is 5.91 Å². The number of rotatable bonds is 7. The van der Waals surface area contributed by atoms with E-state index in [-0.39, 0.29) is 18.8 Å². The van der Waals surface area contributed by atoms with Gasteiger partial charge in [-0.05, 0) is 35.9 Å². The van der Waals surface area contributed by atoms with Crippen LogP contribution < -0.4 is 16.0 Å². The van der Waals surface area contributed by atoms with Gasteiger partial charge >= 0.3 is 6.18 Å². The van der Waals surface area contributed by atoms with Crippen LogP contribution >= 0.6 is 11.3 Å². The summed E-state index contributed by atoms with van der Waals surface area (Å²) in [5, 5.41) is 8.18. The third-order valence-electron chi connectivity index (χ3n) is 5.44. The molecule has 4 rings (SSSR count). The summed E-state index contributed by atoms with van der Waals surface area (Å²) in [4.78, 5) is 29.6. The number of alkyl halides is 3. The van der Waals surface area contributed by atoms with E-state index in [2.05, 4.69) is 20.9 Å². The Morgan fingerprint density at radius 3 is 2.54 bits per heavy atom. The van der Waals surface area contributed by atoms with Crippen molar-refractivity contribution in [3.63, 3.8) is 0 Å². The first-order valence-corrected chi connectivity index (χ1v) is 11.3. The van der Waals surface area contributed by atoms with Gasteiger partial charge in [-0.2, -0.15) is 13.2 Å². The molecule has 0 aliphatic carbocycles. The number of nitrogens with zero attached hydrogens (tertiary/aromatic N) is 1. The molecule has 12 heteroatoms. The summed E-state index contributed by atoms with van der Waals surface area (Å²) in [7, 11) is 0. The topological polar surface area (TPSA) is 92.4 Å². The maximum absolute atomic E-state index is 13.3. The number of benzene rings is 2. The lowest BCUT2D eigenvalue weighted by atomic mass is 9.97. The molecule has 0 bridgehead atoms. The molecular weight excluding hydrogens is 488 g/mol. The zero-order valence-corrected chi connectivity index (χ0v) is 18.9. The van der Waals surface area contributed by atoms with E-state index in [0.29, 0.717) is 35.2 Å². The van der Waals surface area contributed by atoms with E-state index in [1.54, 1.807) is 24.3 Å². The van der Waals surface area contributed by atoms with Gasteiger partial charge in [-0.3, -0.25) is 14.6 Å². The van der Waals surface area contributed by atoms with Crippen molar-refractivity contribution in [2.45, 2.75) is 24.7 Å². The van der Waals surface area contributed by atoms with Crippen LogP contribution in [0.3, 0.4) is 0 Å². The highest BCUT2D eigenvalue weighted by molar-refractivity contribution is 7.11. The molecule has 3 N–H and O–H groups in total. The lowest BCUT2D eigenvalue weighted by Gasteiger charge is -2.27. The van der Waals surface area contributed by atoms with E-state index in [1.165, 1.54) is 11.7 Å². The molecule has 2 amide bonds. The molecule has 35 heavy (non-hydrogen) atoms. The zero-order chi connectivity index (χ0) is 25.1. The van der Waals surface area contributed by atoms with Crippen LogP contribution in [0.4, 0.5) is 28.9 Å². The van der Waals surface area contributed by atoms with Gasteiger partial charge in [-0.1, -0.05) is 12.1 Å². The second kappa shape index (κ2) is 10.0. The third kappa shape index (κ3) is 5.77. The van der Waals surface area contributed by atoms with Crippen molar-refractivity contribution in [1.29, 1.82) is 0 Å². The van der Waals surface area contributed by atoms with E-state index in [4.69, 9.17) is 4.74 Å². The lowest BCUT2D eigenvalue weighted by molar-refractivity contribution is -0.137. The second-order valence-corrected chi connectivity index (χ2v) is 8.78. The Hall–Kier alpha value is -3.51. The number of carbonyl (C=O) groups excluding carboxylic acids is 2. The quantitative estimate of drug-likeness (QED) is 0.415. The Bertz CT molecular complexity index is 1190. The van der Waals surface area contributed by atoms with Gasteiger partial charge in [0.1, 0.15) is 16.2 Å². The van der Waals surface area contributed by atoms with Gasteiger partial charge in [-0.15, -0.1) is 11.3 Å². The Labute approximate surface area is 201 Å². The molecule has 1 aliphatic heterocycles. The molecule has 1 saturated heterocycles.